The van der Waals surface area contributed by atoms with Crippen LogP contribution in [0.5, 0.6) is 0 Å². The van der Waals surface area contributed by atoms with Crippen molar-refractivity contribution < 1.29 is 14.4 Å². The molecule has 7 nitrogen and oxygen atoms in total. The number of imide groups is 1. The van der Waals surface area contributed by atoms with E-state index in [2.05, 4.69) is 10.3 Å². The molecule has 0 saturated carbocycles. The van der Waals surface area contributed by atoms with Crippen LogP contribution in [0.25, 0.3) is 0 Å². The summed E-state index contributed by atoms with van der Waals surface area (Å²) >= 11 is 0. The lowest BCUT2D eigenvalue weighted by Crippen LogP contribution is -2.37. The summed E-state index contributed by atoms with van der Waals surface area (Å²) in [6.07, 6.45) is 2.40. The number of anilines is 1. The SMILES string of the molecule is CC(=NC(=O)NCCN1C(=O)C=CC1=O)c1ccc(N)cc1. The van der Waals surface area contributed by atoms with Gasteiger partial charge in [-0.15, -0.1) is 0 Å². The second-order valence-corrected chi connectivity index (χ2v) is 4.71. The molecule has 0 aromatic heterocycles. The van der Waals surface area contributed by atoms with Crippen LogP contribution in [-0.4, -0.2) is 41.5 Å². The summed E-state index contributed by atoms with van der Waals surface area (Å²) in [7, 11) is 0. The number of aliphatic imine (C=N–C) groups is 1. The second-order valence-electron chi connectivity index (χ2n) is 4.71. The molecule has 1 aliphatic heterocycles. The van der Waals surface area contributed by atoms with Crippen LogP contribution < -0.4 is 11.1 Å². The monoisotopic (exact) mass is 300 g/mol. The minimum absolute atomic E-state index is 0.118. The highest BCUT2D eigenvalue weighted by atomic mass is 16.2. The first-order chi connectivity index (χ1) is 10.5. The first-order valence-electron chi connectivity index (χ1n) is 6.70. The zero-order chi connectivity index (χ0) is 16.1. The van der Waals surface area contributed by atoms with Gasteiger partial charge in [-0.1, -0.05) is 12.1 Å². The van der Waals surface area contributed by atoms with Gasteiger partial charge in [0.1, 0.15) is 0 Å². The Hall–Kier alpha value is -2.96. The Morgan fingerprint density at radius 2 is 1.77 bits per heavy atom. The van der Waals surface area contributed by atoms with Gasteiger partial charge in [0, 0.05) is 30.9 Å². The van der Waals surface area contributed by atoms with Gasteiger partial charge in [-0.2, -0.15) is 4.99 Å². The number of nitrogen functional groups attached to an aromatic ring is 1. The van der Waals surface area contributed by atoms with Crippen molar-refractivity contribution >= 4 is 29.2 Å². The van der Waals surface area contributed by atoms with E-state index in [4.69, 9.17) is 5.73 Å². The molecule has 0 bridgehead atoms. The van der Waals surface area contributed by atoms with Gasteiger partial charge in [0.05, 0.1) is 5.71 Å². The number of hydrogen-bond donors (Lipinski definition) is 2. The standard InChI is InChI=1S/C15H16N4O3/c1-10(11-2-4-12(16)5-3-11)18-15(22)17-8-9-19-13(20)6-7-14(19)21/h2-7H,8-9,16H2,1H3,(H,17,22). The normalized spacial score (nSPS) is 14.6. The molecule has 1 aromatic carbocycles. The topological polar surface area (TPSA) is 105 Å². The van der Waals surface area contributed by atoms with Crippen LogP contribution in [0.15, 0.2) is 41.4 Å². The summed E-state index contributed by atoms with van der Waals surface area (Å²) in [6.45, 7) is 1.98. The summed E-state index contributed by atoms with van der Waals surface area (Å²) in [6, 6.07) is 6.47. The van der Waals surface area contributed by atoms with Crippen molar-refractivity contribution in [3.05, 3.63) is 42.0 Å². The molecule has 0 spiro atoms. The molecule has 0 fully saturated rings. The lowest BCUT2D eigenvalue weighted by molar-refractivity contribution is -0.136. The number of urea groups is 1. The Bertz CT molecular complexity index is 644. The van der Waals surface area contributed by atoms with Crippen LogP contribution in [0.2, 0.25) is 0 Å². The van der Waals surface area contributed by atoms with Crippen molar-refractivity contribution in [2.45, 2.75) is 6.92 Å². The van der Waals surface area contributed by atoms with Gasteiger partial charge in [-0.3, -0.25) is 14.5 Å². The van der Waals surface area contributed by atoms with Crippen LogP contribution in [-0.2, 0) is 9.59 Å². The summed E-state index contributed by atoms with van der Waals surface area (Å²) < 4.78 is 0. The van der Waals surface area contributed by atoms with Crippen molar-refractivity contribution in [3.8, 4) is 0 Å². The van der Waals surface area contributed by atoms with Crippen molar-refractivity contribution in [1.29, 1.82) is 0 Å². The molecule has 2 rings (SSSR count). The van der Waals surface area contributed by atoms with Gasteiger partial charge in [0.25, 0.3) is 11.8 Å². The average molecular weight is 300 g/mol. The smallest absolute Gasteiger partial charge is 0.341 e. The Balaban J connectivity index is 1.85. The molecule has 3 N–H and O–H groups in total. The number of rotatable bonds is 4. The predicted molar refractivity (Wildman–Crippen MR) is 82.3 cm³/mol. The van der Waals surface area contributed by atoms with Crippen LogP contribution in [0.4, 0.5) is 10.5 Å². The first-order valence-corrected chi connectivity index (χ1v) is 6.70. The van der Waals surface area contributed by atoms with Gasteiger partial charge in [-0.05, 0) is 24.6 Å². The maximum Gasteiger partial charge on any atom is 0.341 e. The lowest BCUT2D eigenvalue weighted by atomic mass is 10.1. The second kappa shape index (κ2) is 6.66. The fourth-order valence-corrected chi connectivity index (χ4v) is 1.91. The Morgan fingerprint density at radius 3 is 2.36 bits per heavy atom. The molecule has 0 radical (unpaired) electrons. The molecular weight excluding hydrogens is 284 g/mol. The number of carbonyl (C=O) groups is 3. The number of nitrogens with one attached hydrogen (secondary N) is 1. The third-order valence-corrected chi connectivity index (χ3v) is 3.11. The van der Waals surface area contributed by atoms with Crippen LogP contribution in [0.3, 0.4) is 0 Å². The zero-order valence-electron chi connectivity index (χ0n) is 12.1. The highest BCUT2D eigenvalue weighted by molar-refractivity contribution is 6.12. The lowest BCUT2D eigenvalue weighted by Gasteiger charge is -2.13. The predicted octanol–water partition coefficient (Wildman–Crippen LogP) is 0.712. The third-order valence-electron chi connectivity index (χ3n) is 3.11. The zero-order valence-corrected chi connectivity index (χ0v) is 12.1. The summed E-state index contributed by atoms with van der Waals surface area (Å²) in [5.41, 5.74) is 7.56. The molecule has 1 heterocycles. The van der Waals surface area contributed by atoms with Crippen LogP contribution >= 0.6 is 0 Å². The summed E-state index contributed by atoms with van der Waals surface area (Å²) in [5.74, 6) is -0.749. The molecule has 1 aliphatic rings. The largest absolute Gasteiger partial charge is 0.399 e. The van der Waals surface area contributed by atoms with Crippen molar-refractivity contribution in [3.63, 3.8) is 0 Å². The minimum atomic E-state index is -0.527. The molecule has 22 heavy (non-hydrogen) atoms. The Kier molecular flexibility index (Phi) is 4.67. The van der Waals surface area contributed by atoms with Gasteiger partial charge >= 0.3 is 6.03 Å². The van der Waals surface area contributed by atoms with Gasteiger partial charge < -0.3 is 11.1 Å². The van der Waals surface area contributed by atoms with E-state index >= 15 is 0 Å². The molecule has 0 unspecified atom stereocenters. The molecule has 7 heteroatoms. The fourth-order valence-electron chi connectivity index (χ4n) is 1.91. The van der Waals surface area contributed by atoms with Crippen molar-refractivity contribution in [1.82, 2.24) is 10.2 Å². The minimum Gasteiger partial charge on any atom is -0.399 e. The number of hydrogen-bond acceptors (Lipinski definition) is 4. The molecule has 114 valence electrons. The van der Waals surface area contributed by atoms with E-state index in [0.717, 1.165) is 10.5 Å². The number of carbonyl (C=O) groups excluding carboxylic acids is 3. The van der Waals surface area contributed by atoms with Crippen molar-refractivity contribution in [2.75, 3.05) is 18.8 Å². The number of nitrogens with two attached hydrogens (primary N) is 1. The highest BCUT2D eigenvalue weighted by Gasteiger charge is 2.22. The number of nitrogens with zero attached hydrogens (tertiary/aromatic N) is 2. The summed E-state index contributed by atoms with van der Waals surface area (Å²) in [4.78, 5) is 39.3. The molecule has 1 aromatic rings. The van der Waals surface area contributed by atoms with Crippen LogP contribution in [0, 0.1) is 0 Å². The fraction of sp³-hybridized carbons (Fsp3) is 0.200. The van der Waals surface area contributed by atoms with Gasteiger partial charge in [0.15, 0.2) is 0 Å². The molecule has 4 amide bonds. The molecule has 0 atom stereocenters. The third kappa shape index (κ3) is 3.78. The maximum atomic E-state index is 11.7. The van der Waals surface area contributed by atoms with E-state index < -0.39 is 6.03 Å². The summed E-state index contributed by atoms with van der Waals surface area (Å²) in [5, 5.41) is 2.54. The van der Waals surface area contributed by atoms with E-state index in [-0.39, 0.29) is 24.9 Å². The first kappa shape index (κ1) is 15.4. The molecular formula is C15H16N4O3. The Morgan fingerprint density at radius 1 is 1.18 bits per heavy atom. The van der Waals surface area contributed by atoms with E-state index in [9.17, 15) is 14.4 Å². The maximum absolute atomic E-state index is 11.7. The van der Waals surface area contributed by atoms with E-state index in [1.54, 1.807) is 31.2 Å². The van der Waals surface area contributed by atoms with E-state index in [0.29, 0.717) is 11.4 Å². The van der Waals surface area contributed by atoms with Gasteiger partial charge in [-0.25, -0.2) is 4.79 Å². The van der Waals surface area contributed by atoms with Crippen molar-refractivity contribution in [2.24, 2.45) is 4.99 Å². The van der Waals surface area contributed by atoms with Crippen LogP contribution in [0.1, 0.15) is 12.5 Å². The number of amides is 4. The average Bonchev–Trinajstić information content (AvgIpc) is 2.79. The van der Waals surface area contributed by atoms with E-state index in [1.165, 1.54) is 12.2 Å². The van der Waals surface area contributed by atoms with E-state index in [1.807, 2.05) is 0 Å². The molecule has 0 aliphatic carbocycles. The number of benzene rings is 1. The molecule has 0 saturated heterocycles. The van der Waals surface area contributed by atoms with Gasteiger partial charge in [0.2, 0.25) is 0 Å². The quantitative estimate of drug-likeness (QED) is 0.485. The Labute approximate surface area is 127 Å². The highest BCUT2D eigenvalue weighted by Crippen LogP contribution is 2.07.